The van der Waals surface area contributed by atoms with Gasteiger partial charge in [0.15, 0.2) is 0 Å². The van der Waals surface area contributed by atoms with E-state index in [1.165, 1.54) is 88.4 Å². The predicted molar refractivity (Wildman–Crippen MR) is 113 cm³/mol. The van der Waals surface area contributed by atoms with Crippen molar-refractivity contribution < 1.29 is 15.0 Å². The van der Waals surface area contributed by atoms with E-state index in [9.17, 15) is 4.79 Å². The van der Waals surface area contributed by atoms with Crippen LogP contribution < -0.4 is 5.32 Å². The fourth-order valence-corrected chi connectivity index (χ4v) is 3.34. The van der Waals surface area contributed by atoms with Gasteiger partial charge in [0.1, 0.15) is 0 Å². The minimum Gasteiger partial charge on any atom is -0.381 e. The summed E-state index contributed by atoms with van der Waals surface area (Å²) in [4.78, 5) is 13.2. The van der Waals surface area contributed by atoms with Gasteiger partial charge in [0.25, 0.3) is 0 Å². The van der Waals surface area contributed by atoms with Crippen LogP contribution in [0.5, 0.6) is 0 Å². The fourth-order valence-electron chi connectivity index (χ4n) is 3.34. The Hall–Kier alpha value is -0.650. The van der Waals surface area contributed by atoms with Crippen LogP contribution in [-0.2, 0) is 4.79 Å². The van der Waals surface area contributed by atoms with Gasteiger partial charge in [-0.15, -0.1) is 0 Å². The number of hydrogen-bond acceptors (Lipinski definition) is 4. The van der Waals surface area contributed by atoms with Crippen molar-refractivity contribution in [2.24, 2.45) is 0 Å². The quantitative estimate of drug-likeness (QED) is 0.205. The fraction of sp³-hybridized carbons (Fsp3) is 0.955. The van der Waals surface area contributed by atoms with Crippen molar-refractivity contribution in [3.05, 3.63) is 0 Å². The van der Waals surface area contributed by atoms with Crippen LogP contribution in [0.3, 0.4) is 0 Å². The first-order chi connectivity index (χ1) is 13.2. The normalized spacial score (nSPS) is 12.5. The lowest BCUT2D eigenvalue weighted by molar-refractivity contribution is -0.124. The van der Waals surface area contributed by atoms with Crippen molar-refractivity contribution >= 4 is 5.91 Å². The van der Waals surface area contributed by atoms with E-state index in [4.69, 9.17) is 10.2 Å². The van der Waals surface area contributed by atoms with Crippen LogP contribution in [0.4, 0.5) is 0 Å². The van der Waals surface area contributed by atoms with Crippen LogP contribution in [0.2, 0.25) is 0 Å². The summed E-state index contributed by atoms with van der Waals surface area (Å²) in [7, 11) is 0. The molecule has 0 heterocycles. The summed E-state index contributed by atoms with van der Waals surface area (Å²) in [6, 6.07) is 0. The van der Waals surface area contributed by atoms with E-state index in [1.54, 1.807) is 6.92 Å². The van der Waals surface area contributed by atoms with E-state index in [1.807, 2.05) is 0 Å². The van der Waals surface area contributed by atoms with Crippen molar-refractivity contribution in [2.75, 3.05) is 13.5 Å². The average Bonchev–Trinajstić information content (AvgIpc) is 2.65. The number of aliphatic hydroxyl groups is 2. The van der Waals surface area contributed by atoms with Crippen molar-refractivity contribution in [2.45, 2.75) is 123 Å². The Kier molecular flexibility index (Phi) is 19.6. The molecular weight excluding hydrogens is 340 g/mol. The van der Waals surface area contributed by atoms with Gasteiger partial charge in [-0.25, -0.2) is 4.90 Å². The summed E-state index contributed by atoms with van der Waals surface area (Å²) in [5, 5.41) is 20.9. The molecule has 0 aromatic rings. The highest BCUT2D eigenvalue weighted by molar-refractivity contribution is 5.76. The average molecular weight is 387 g/mol. The maximum atomic E-state index is 11.8. The van der Waals surface area contributed by atoms with Gasteiger partial charge in [-0.2, -0.15) is 0 Å². The minimum atomic E-state index is -0.344. The molecule has 0 spiro atoms. The molecule has 162 valence electrons. The van der Waals surface area contributed by atoms with Gasteiger partial charge >= 0.3 is 0 Å². The Balaban J connectivity index is 3.30. The first-order valence-electron chi connectivity index (χ1n) is 11.4. The molecule has 1 amide bonds. The molecule has 0 aliphatic carbocycles. The van der Waals surface area contributed by atoms with Crippen LogP contribution >= 0.6 is 0 Å². The lowest BCUT2D eigenvalue weighted by Crippen LogP contribution is -2.47. The predicted octanol–water partition coefficient (Wildman–Crippen LogP) is 4.91. The van der Waals surface area contributed by atoms with Crippen molar-refractivity contribution in [3.63, 3.8) is 0 Å². The zero-order chi connectivity index (χ0) is 20.2. The van der Waals surface area contributed by atoms with Crippen LogP contribution in [0.1, 0.15) is 117 Å². The molecule has 0 aromatic heterocycles. The monoisotopic (exact) mass is 386 g/mol. The van der Waals surface area contributed by atoms with Gasteiger partial charge in [0.05, 0.1) is 19.6 Å². The summed E-state index contributed by atoms with van der Waals surface area (Å²) in [6.45, 7) is 3.50. The van der Waals surface area contributed by atoms with Gasteiger partial charge in [0, 0.05) is 6.42 Å². The Bertz CT molecular complexity index is 323. The second kappa shape index (κ2) is 20.1. The molecule has 0 aliphatic heterocycles. The van der Waals surface area contributed by atoms with E-state index < -0.39 is 0 Å². The number of hydrogen-bond donors (Lipinski definition) is 3. The molecule has 0 radical (unpaired) electrons. The molecule has 5 nitrogen and oxygen atoms in total. The minimum absolute atomic E-state index is 0.0101. The lowest BCUT2D eigenvalue weighted by atomic mass is 10.0. The Labute approximate surface area is 167 Å². The highest BCUT2D eigenvalue weighted by Gasteiger charge is 2.13. The lowest BCUT2D eigenvalue weighted by Gasteiger charge is -2.25. The first kappa shape index (κ1) is 26.4. The summed E-state index contributed by atoms with van der Waals surface area (Å²) < 4.78 is 0. The van der Waals surface area contributed by atoms with Gasteiger partial charge in [-0.1, -0.05) is 96.8 Å². The molecule has 0 fully saturated rings. The molecule has 1 unspecified atom stereocenters. The number of carbonyl (C=O) groups is 1. The number of nitrogens with one attached hydrogen (secondary N) is 1. The number of nitrogens with zero attached hydrogens (tertiary/aromatic N) is 1. The standard InChI is InChI=1S/C22H46N2O3/c1-3-4-5-6-7-8-9-10-11-12-13-14-15-16-17-18-22(27)23-21(2)24(19-25)20-26/h21,25-26H,3-20H2,1-2H3,(H,23,27). The molecular formula is C22H46N2O3. The van der Waals surface area contributed by atoms with Crippen LogP contribution in [0.25, 0.3) is 0 Å². The highest BCUT2D eigenvalue weighted by Crippen LogP contribution is 2.13. The number of carbonyl (C=O) groups excluding carboxylic acids is 1. The number of unbranched alkanes of at least 4 members (excludes halogenated alkanes) is 14. The molecule has 0 saturated carbocycles. The first-order valence-corrected chi connectivity index (χ1v) is 11.4. The molecule has 3 N–H and O–H groups in total. The molecule has 1 atom stereocenters. The van der Waals surface area contributed by atoms with Crippen molar-refractivity contribution in [1.29, 1.82) is 0 Å². The number of amides is 1. The Morgan fingerprint density at radius 3 is 1.48 bits per heavy atom. The maximum absolute atomic E-state index is 11.8. The molecule has 0 rings (SSSR count). The second-order valence-electron chi connectivity index (χ2n) is 7.81. The van der Waals surface area contributed by atoms with E-state index in [0.717, 1.165) is 12.8 Å². The maximum Gasteiger partial charge on any atom is 0.221 e. The zero-order valence-electron chi connectivity index (χ0n) is 18.1. The third-order valence-electron chi connectivity index (χ3n) is 5.29. The van der Waals surface area contributed by atoms with Gasteiger partial charge in [-0.3, -0.25) is 4.79 Å². The van der Waals surface area contributed by atoms with Gasteiger partial charge in [-0.05, 0) is 13.3 Å². The van der Waals surface area contributed by atoms with E-state index in [2.05, 4.69) is 12.2 Å². The third kappa shape index (κ3) is 17.2. The van der Waals surface area contributed by atoms with Crippen molar-refractivity contribution in [1.82, 2.24) is 10.2 Å². The Morgan fingerprint density at radius 1 is 0.741 bits per heavy atom. The molecule has 0 saturated heterocycles. The molecule has 0 aromatic carbocycles. The van der Waals surface area contributed by atoms with Gasteiger partial charge < -0.3 is 15.5 Å². The largest absolute Gasteiger partial charge is 0.381 e. The van der Waals surface area contributed by atoms with E-state index in [-0.39, 0.29) is 25.5 Å². The molecule has 5 heteroatoms. The number of rotatable bonds is 20. The SMILES string of the molecule is CCCCCCCCCCCCCCCCCC(=O)NC(C)N(CO)CO. The summed E-state index contributed by atoms with van der Waals surface area (Å²) in [5.74, 6) is -0.0101. The van der Waals surface area contributed by atoms with E-state index >= 15 is 0 Å². The van der Waals surface area contributed by atoms with Crippen LogP contribution in [-0.4, -0.2) is 40.6 Å². The molecule has 27 heavy (non-hydrogen) atoms. The zero-order valence-corrected chi connectivity index (χ0v) is 18.1. The topological polar surface area (TPSA) is 72.8 Å². The summed E-state index contributed by atoms with van der Waals surface area (Å²) >= 11 is 0. The smallest absolute Gasteiger partial charge is 0.221 e. The third-order valence-corrected chi connectivity index (χ3v) is 5.29. The summed E-state index contributed by atoms with van der Waals surface area (Å²) in [5.41, 5.74) is 0. The van der Waals surface area contributed by atoms with Gasteiger partial charge in [0.2, 0.25) is 5.91 Å². The highest BCUT2D eigenvalue weighted by atomic mass is 16.3. The van der Waals surface area contributed by atoms with E-state index in [0.29, 0.717) is 6.42 Å². The summed E-state index contributed by atoms with van der Waals surface area (Å²) in [6.07, 6.45) is 19.9. The number of aliphatic hydroxyl groups excluding tert-OH is 2. The van der Waals surface area contributed by atoms with Crippen molar-refractivity contribution in [3.8, 4) is 0 Å². The van der Waals surface area contributed by atoms with Crippen LogP contribution in [0, 0.1) is 0 Å². The second-order valence-corrected chi connectivity index (χ2v) is 7.81. The molecule has 0 aliphatic rings. The Morgan fingerprint density at radius 2 is 1.11 bits per heavy atom. The molecule has 0 bridgehead atoms. The van der Waals surface area contributed by atoms with Crippen LogP contribution in [0.15, 0.2) is 0 Å².